The van der Waals surface area contributed by atoms with E-state index in [1.807, 2.05) is 6.07 Å². The van der Waals surface area contributed by atoms with E-state index in [4.69, 9.17) is 14.2 Å². The standard InChI is InChI=1S/C24H28N2O5/c1-4-25-9-11-26(12-10-25)15-18-19(27)7-6-17-23(28)22(31-24(17)18)14-16-5-8-20(29-2)21(13-16)30-3/h5-8,13-14,27H,4,9-12,15H2,1-3H3/p+2. The zero-order valence-electron chi connectivity index (χ0n) is 18.3. The van der Waals surface area contributed by atoms with Gasteiger partial charge in [0.15, 0.2) is 23.0 Å². The highest BCUT2D eigenvalue weighted by Gasteiger charge is 2.33. The SMILES string of the molecule is CC[NH+]1CC[NH+](Cc2c(O)ccc3c2OC(=Cc2ccc(OC)c(OC)c2)C3=O)CC1. The number of Topliss-reactive ketones (excluding diaryl/α,β-unsaturated/α-hetero) is 1. The summed E-state index contributed by atoms with van der Waals surface area (Å²) in [7, 11) is 3.15. The number of hydrogen-bond acceptors (Lipinski definition) is 5. The number of carbonyl (C=O) groups is 1. The molecule has 4 rings (SSSR count). The Balaban J connectivity index is 1.59. The van der Waals surface area contributed by atoms with Crippen LogP contribution in [0.4, 0.5) is 0 Å². The maximum absolute atomic E-state index is 13.0. The Hall–Kier alpha value is -3.03. The highest BCUT2D eigenvalue weighted by Crippen LogP contribution is 2.39. The van der Waals surface area contributed by atoms with Crippen molar-refractivity contribution < 1.29 is 33.9 Å². The number of phenolic OH excluding ortho intramolecular Hbond substituents is 1. The van der Waals surface area contributed by atoms with Crippen LogP contribution in [-0.4, -0.2) is 57.8 Å². The summed E-state index contributed by atoms with van der Waals surface area (Å²) in [5.41, 5.74) is 1.97. The lowest BCUT2D eigenvalue weighted by Crippen LogP contribution is -3.27. The van der Waals surface area contributed by atoms with Crippen LogP contribution in [0.5, 0.6) is 23.0 Å². The van der Waals surface area contributed by atoms with Crippen LogP contribution >= 0.6 is 0 Å². The summed E-state index contributed by atoms with van der Waals surface area (Å²) in [4.78, 5) is 16.0. The van der Waals surface area contributed by atoms with E-state index in [0.717, 1.165) is 38.3 Å². The third-order valence-corrected chi connectivity index (χ3v) is 6.21. The molecular formula is C24H30N2O5+2. The van der Waals surface area contributed by atoms with Crippen LogP contribution < -0.4 is 24.0 Å². The van der Waals surface area contributed by atoms with E-state index in [1.54, 1.807) is 49.5 Å². The van der Waals surface area contributed by atoms with Crippen molar-refractivity contribution in [3.63, 3.8) is 0 Å². The van der Waals surface area contributed by atoms with Gasteiger partial charge in [0.05, 0.1) is 31.9 Å². The van der Waals surface area contributed by atoms with Crippen molar-refractivity contribution in [1.82, 2.24) is 0 Å². The predicted octanol–water partition coefficient (Wildman–Crippen LogP) is 0.329. The fourth-order valence-corrected chi connectivity index (χ4v) is 4.30. The molecule has 7 heteroatoms. The molecule has 0 amide bonds. The fourth-order valence-electron chi connectivity index (χ4n) is 4.30. The molecule has 2 aromatic rings. The van der Waals surface area contributed by atoms with Crippen molar-refractivity contribution in [3.05, 3.63) is 52.8 Å². The molecular weight excluding hydrogens is 396 g/mol. The highest BCUT2D eigenvalue weighted by molar-refractivity contribution is 6.15. The molecule has 31 heavy (non-hydrogen) atoms. The average molecular weight is 427 g/mol. The molecule has 0 bridgehead atoms. The van der Waals surface area contributed by atoms with E-state index in [1.165, 1.54) is 4.90 Å². The summed E-state index contributed by atoms with van der Waals surface area (Å²) < 4.78 is 16.6. The number of hydrogen-bond donors (Lipinski definition) is 3. The Morgan fingerprint density at radius 2 is 1.74 bits per heavy atom. The summed E-state index contributed by atoms with van der Waals surface area (Å²) in [6.45, 7) is 8.30. The first-order valence-electron chi connectivity index (χ1n) is 10.7. The summed E-state index contributed by atoms with van der Waals surface area (Å²) in [5.74, 6) is 1.92. The van der Waals surface area contributed by atoms with Gasteiger partial charge in [-0.05, 0) is 42.8 Å². The van der Waals surface area contributed by atoms with Crippen LogP contribution in [0.1, 0.15) is 28.4 Å². The van der Waals surface area contributed by atoms with Gasteiger partial charge in [0.25, 0.3) is 0 Å². The van der Waals surface area contributed by atoms with Gasteiger partial charge in [-0.2, -0.15) is 0 Å². The zero-order chi connectivity index (χ0) is 22.0. The van der Waals surface area contributed by atoms with E-state index in [9.17, 15) is 9.90 Å². The molecule has 0 aromatic heterocycles. The molecule has 1 saturated heterocycles. The van der Waals surface area contributed by atoms with Gasteiger partial charge in [0.1, 0.15) is 38.5 Å². The van der Waals surface area contributed by atoms with E-state index in [0.29, 0.717) is 34.9 Å². The molecule has 3 N–H and O–H groups in total. The molecule has 2 aliphatic heterocycles. The molecule has 0 unspecified atom stereocenters. The Bertz CT molecular complexity index is 1010. The van der Waals surface area contributed by atoms with Crippen LogP contribution in [0, 0.1) is 0 Å². The molecule has 2 heterocycles. The quantitative estimate of drug-likeness (QED) is 0.581. The first-order chi connectivity index (χ1) is 15.0. The normalized spacial score (nSPS) is 21.6. The lowest BCUT2D eigenvalue weighted by Gasteiger charge is -2.29. The van der Waals surface area contributed by atoms with Gasteiger partial charge in [-0.25, -0.2) is 0 Å². The van der Waals surface area contributed by atoms with Gasteiger partial charge in [-0.15, -0.1) is 0 Å². The van der Waals surface area contributed by atoms with Crippen molar-refractivity contribution in [3.8, 4) is 23.0 Å². The number of carbonyl (C=O) groups excluding carboxylic acids is 1. The van der Waals surface area contributed by atoms with Crippen molar-refractivity contribution in [2.75, 3.05) is 46.9 Å². The van der Waals surface area contributed by atoms with E-state index in [-0.39, 0.29) is 17.3 Å². The number of fused-ring (bicyclic) bond motifs is 1. The molecule has 0 atom stereocenters. The molecule has 7 nitrogen and oxygen atoms in total. The molecule has 0 radical (unpaired) electrons. The molecule has 2 aliphatic rings. The summed E-state index contributed by atoms with van der Waals surface area (Å²) in [6.07, 6.45) is 1.70. The smallest absolute Gasteiger partial charge is 0.231 e. The number of phenols is 1. The highest BCUT2D eigenvalue weighted by atomic mass is 16.5. The number of likely N-dealkylation sites (N-methyl/N-ethyl adjacent to an activating group) is 1. The minimum atomic E-state index is -0.179. The maximum atomic E-state index is 13.0. The van der Waals surface area contributed by atoms with Crippen molar-refractivity contribution in [2.24, 2.45) is 0 Å². The Kier molecular flexibility index (Phi) is 6.15. The summed E-state index contributed by atoms with van der Waals surface area (Å²) in [5, 5.41) is 10.5. The first-order valence-corrected chi connectivity index (χ1v) is 10.7. The second-order valence-electron chi connectivity index (χ2n) is 8.02. The lowest BCUT2D eigenvalue weighted by atomic mass is 10.0. The fraction of sp³-hybridized carbons (Fsp3) is 0.375. The van der Waals surface area contributed by atoms with Gasteiger partial charge in [0.2, 0.25) is 5.78 Å². The minimum absolute atomic E-state index is 0.177. The number of rotatable bonds is 6. The summed E-state index contributed by atoms with van der Waals surface area (Å²) >= 11 is 0. The second kappa shape index (κ2) is 8.99. The lowest BCUT2D eigenvalue weighted by molar-refractivity contribution is -1.02. The van der Waals surface area contributed by atoms with E-state index < -0.39 is 0 Å². The monoisotopic (exact) mass is 426 g/mol. The number of piperazine rings is 1. The number of aromatic hydroxyl groups is 1. The molecule has 164 valence electrons. The number of allylic oxidation sites excluding steroid dienone is 1. The van der Waals surface area contributed by atoms with Crippen LogP contribution in [0.2, 0.25) is 0 Å². The Morgan fingerprint density at radius 1 is 1.03 bits per heavy atom. The molecule has 0 spiro atoms. The topological polar surface area (TPSA) is 73.9 Å². The van der Waals surface area contributed by atoms with Crippen LogP contribution in [0.15, 0.2) is 36.1 Å². The van der Waals surface area contributed by atoms with Crippen molar-refractivity contribution in [1.29, 1.82) is 0 Å². The third kappa shape index (κ3) is 4.24. The Labute approximate surface area is 182 Å². The number of nitrogens with one attached hydrogen (secondary N) is 2. The van der Waals surface area contributed by atoms with Crippen molar-refractivity contribution >= 4 is 11.9 Å². The number of methoxy groups -OCH3 is 2. The Morgan fingerprint density at radius 3 is 2.42 bits per heavy atom. The number of quaternary nitrogens is 2. The molecule has 0 aliphatic carbocycles. The number of ketones is 1. The molecule has 0 saturated carbocycles. The zero-order valence-corrected chi connectivity index (χ0v) is 18.3. The van der Waals surface area contributed by atoms with Gasteiger partial charge in [-0.1, -0.05) is 6.07 Å². The van der Waals surface area contributed by atoms with Crippen LogP contribution in [0.3, 0.4) is 0 Å². The summed E-state index contributed by atoms with van der Waals surface area (Å²) in [6, 6.07) is 8.66. The van der Waals surface area contributed by atoms with Gasteiger partial charge in [0, 0.05) is 0 Å². The van der Waals surface area contributed by atoms with Crippen LogP contribution in [-0.2, 0) is 6.54 Å². The maximum Gasteiger partial charge on any atom is 0.231 e. The van der Waals surface area contributed by atoms with Gasteiger partial charge in [-0.3, -0.25) is 4.79 Å². The number of benzene rings is 2. The van der Waals surface area contributed by atoms with Crippen LogP contribution in [0.25, 0.3) is 6.08 Å². The van der Waals surface area contributed by atoms with E-state index >= 15 is 0 Å². The van der Waals surface area contributed by atoms with Gasteiger partial charge >= 0.3 is 0 Å². The molecule has 2 aromatic carbocycles. The molecule has 1 fully saturated rings. The third-order valence-electron chi connectivity index (χ3n) is 6.21. The largest absolute Gasteiger partial charge is 0.507 e. The van der Waals surface area contributed by atoms with E-state index in [2.05, 4.69) is 6.92 Å². The van der Waals surface area contributed by atoms with Crippen molar-refractivity contribution in [2.45, 2.75) is 13.5 Å². The van der Waals surface area contributed by atoms with Gasteiger partial charge < -0.3 is 29.1 Å². The minimum Gasteiger partial charge on any atom is -0.507 e. The number of ether oxygens (including phenoxy) is 3. The second-order valence-corrected chi connectivity index (χ2v) is 8.02. The first kappa shape index (κ1) is 21.2. The average Bonchev–Trinajstić information content (AvgIpc) is 3.11. The predicted molar refractivity (Wildman–Crippen MR) is 116 cm³/mol.